The zero-order valence-corrected chi connectivity index (χ0v) is 22.0. The Hall–Kier alpha value is -1.98. The fourth-order valence-electron chi connectivity index (χ4n) is 4.25. The number of thioether (sulfide) groups is 1. The number of benzene rings is 2. The molecule has 5 heteroatoms. The molecular formula is C28H40N2O2S. The second-order valence-corrected chi connectivity index (χ2v) is 12.3. The Morgan fingerprint density at radius 1 is 0.909 bits per heavy atom. The first-order valence-electron chi connectivity index (χ1n) is 12.0. The van der Waals surface area contributed by atoms with Gasteiger partial charge in [0.1, 0.15) is 5.75 Å². The molecule has 1 heterocycles. The summed E-state index contributed by atoms with van der Waals surface area (Å²) < 4.78 is 0. The molecule has 4 nitrogen and oxygen atoms in total. The molecule has 2 aromatic carbocycles. The maximum Gasteiger partial charge on any atom is 0.223 e. The van der Waals surface area contributed by atoms with Gasteiger partial charge in [-0.25, -0.2) is 0 Å². The zero-order chi connectivity index (χ0) is 24.2. The number of hydrogen-bond donors (Lipinski definition) is 1. The summed E-state index contributed by atoms with van der Waals surface area (Å²) in [5.41, 5.74) is 2.98. The van der Waals surface area contributed by atoms with Crippen molar-refractivity contribution < 1.29 is 9.90 Å². The third kappa shape index (κ3) is 7.00. The van der Waals surface area contributed by atoms with E-state index in [2.05, 4.69) is 82.8 Å². The number of aromatic hydroxyl groups is 1. The van der Waals surface area contributed by atoms with Gasteiger partial charge in [-0.05, 0) is 28.5 Å². The highest BCUT2D eigenvalue weighted by Gasteiger charge is 2.27. The normalized spacial score (nSPS) is 15.6. The lowest BCUT2D eigenvalue weighted by molar-refractivity contribution is -0.132. The van der Waals surface area contributed by atoms with Crippen molar-refractivity contribution in [2.75, 3.05) is 31.9 Å². The van der Waals surface area contributed by atoms with Crippen LogP contribution in [0.2, 0.25) is 0 Å². The van der Waals surface area contributed by atoms with Gasteiger partial charge in [0.15, 0.2) is 0 Å². The molecule has 1 N–H and O–H groups in total. The van der Waals surface area contributed by atoms with Crippen LogP contribution in [0.25, 0.3) is 0 Å². The number of hydrogen-bond acceptors (Lipinski definition) is 4. The number of phenolic OH excluding ortho intramolecular Hbond substituents is 1. The van der Waals surface area contributed by atoms with E-state index in [1.807, 2.05) is 11.0 Å². The lowest BCUT2D eigenvalue weighted by Crippen LogP contribution is -2.48. The highest BCUT2D eigenvalue weighted by molar-refractivity contribution is 7.99. The molecule has 0 saturated carbocycles. The van der Waals surface area contributed by atoms with Crippen molar-refractivity contribution >= 4 is 17.7 Å². The highest BCUT2D eigenvalue weighted by atomic mass is 32.2. The number of nitrogens with zero attached hydrogens (tertiary/aromatic N) is 2. The first kappa shape index (κ1) is 25.6. The predicted molar refractivity (Wildman–Crippen MR) is 139 cm³/mol. The summed E-state index contributed by atoms with van der Waals surface area (Å²) in [7, 11) is 0. The van der Waals surface area contributed by atoms with Crippen molar-refractivity contribution in [1.82, 2.24) is 9.80 Å². The molecule has 1 amide bonds. The summed E-state index contributed by atoms with van der Waals surface area (Å²) in [5.74, 6) is 1.40. The topological polar surface area (TPSA) is 43.8 Å². The molecule has 1 aliphatic rings. The van der Waals surface area contributed by atoms with Crippen molar-refractivity contribution in [2.24, 2.45) is 0 Å². The fraction of sp³-hybridized carbons (Fsp3) is 0.536. The molecule has 1 saturated heterocycles. The monoisotopic (exact) mass is 468 g/mol. The Morgan fingerprint density at radius 2 is 1.45 bits per heavy atom. The van der Waals surface area contributed by atoms with Crippen LogP contribution in [-0.2, 0) is 22.2 Å². The number of carbonyl (C=O) groups is 1. The molecule has 180 valence electrons. The van der Waals surface area contributed by atoms with E-state index in [0.717, 1.165) is 54.5 Å². The van der Waals surface area contributed by atoms with Crippen molar-refractivity contribution in [3.63, 3.8) is 0 Å². The fourth-order valence-corrected chi connectivity index (χ4v) is 5.16. The van der Waals surface area contributed by atoms with Gasteiger partial charge in [0, 0.05) is 60.9 Å². The lowest BCUT2D eigenvalue weighted by Gasteiger charge is -2.34. The van der Waals surface area contributed by atoms with Gasteiger partial charge in [-0.2, -0.15) is 0 Å². The van der Waals surface area contributed by atoms with Crippen molar-refractivity contribution in [3.05, 3.63) is 59.2 Å². The van der Waals surface area contributed by atoms with E-state index in [1.165, 1.54) is 5.56 Å². The van der Waals surface area contributed by atoms with E-state index in [0.29, 0.717) is 12.2 Å². The second kappa shape index (κ2) is 10.5. The zero-order valence-electron chi connectivity index (χ0n) is 21.1. The van der Waals surface area contributed by atoms with Crippen LogP contribution >= 0.6 is 11.8 Å². The Morgan fingerprint density at radius 3 is 1.97 bits per heavy atom. The molecule has 0 spiro atoms. The van der Waals surface area contributed by atoms with E-state index in [-0.39, 0.29) is 16.7 Å². The average Bonchev–Trinajstić information content (AvgIpc) is 2.74. The average molecular weight is 469 g/mol. The quantitative estimate of drug-likeness (QED) is 0.543. The SMILES string of the molecule is CC(C)(C)c1cc(SCCC(=O)N2CCN(Cc3ccccc3)CC2)cc(C(C)(C)C)c1O. The Bertz CT molecular complexity index is 902. The van der Waals surface area contributed by atoms with Crippen molar-refractivity contribution in [1.29, 1.82) is 0 Å². The van der Waals surface area contributed by atoms with Crippen LogP contribution in [0.1, 0.15) is 64.7 Å². The third-order valence-electron chi connectivity index (χ3n) is 6.26. The van der Waals surface area contributed by atoms with Crippen LogP contribution in [0.5, 0.6) is 5.75 Å². The Labute approximate surface area is 204 Å². The summed E-state index contributed by atoms with van der Waals surface area (Å²) in [4.78, 5) is 18.4. The Balaban J connectivity index is 1.54. The van der Waals surface area contributed by atoms with Gasteiger partial charge in [0.2, 0.25) is 5.91 Å². The number of phenols is 1. The number of rotatable bonds is 6. The molecule has 33 heavy (non-hydrogen) atoms. The van der Waals surface area contributed by atoms with Crippen molar-refractivity contribution in [3.8, 4) is 5.75 Å². The van der Waals surface area contributed by atoms with Crippen LogP contribution in [0.4, 0.5) is 0 Å². The molecule has 0 aliphatic carbocycles. The molecule has 3 rings (SSSR count). The van der Waals surface area contributed by atoms with E-state index in [1.54, 1.807) is 11.8 Å². The largest absolute Gasteiger partial charge is 0.507 e. The molecule has 2 aromatic rings. The molecule has 1 aliphatic heterocycles. The lowest BCUT2D eigenvalue weighted by atomic mass is 9.79. The maximum absolute atomic E-state index is 12.8. The standard InChI is InChI=1S/C28H40N2O2S/c1-27(2,3)23-18-22(19-24(26(23)32)28(4,5)6)33-17-12-25(31)30-15-13-29(14-16-30)20-21-10-8-7-9-11-21/h7-11,18-19,32H,12-17,20H2,1-6H3. The van der Waals surface area contributed by atoms with Gasteiger partial charge >= 0.3 is 0 Å². The van der Waals surface area contributed by atoms with Gasteiger partial charge in [-0.1, -0.05) is 71.9 Å². The summed E-state index contributed by atoms with van der Waals surface area (Å²) in [6.07, 6.45) is 0.542. The van der Waals surface area contributed by atoms with Gasteiger partial charge in [0.05, 0.1) is 0 Å². The van der Waals surface area contributed by atoms with Crippen LogP contribution in [-0.4, -0.2) is 52.7 Å². The van der Waals surface area contributed by atoms with Crippen LogP contribution in [0.15, 0.2) is 47.4 Å². The second-order valence-electron chi connectivity index (χ2n) is 11.1. The first-order valence-corrected chi connectivity index (χ1v) is 13.0. The van der Waals surface area contributed by atoms with Gasteiger partial charge in [0.25, 0.3) is 0 Å². The first-order chi connectivity index (χ1) is 15.4. The molecule has 0 aromatic heterocycles. The van der Waals surface area contributed by atoms with E-state index in [4.69, 9.17) is 0 Å². The molecule has 0 bridgehead atoms. The smallest absolute Gasteiger partial charge is 0.223 e. The Kier molecular flexibility index (Phi) is 8.17. The van der Waals surface area contributed by atoms with Crippen LogP contribution in [0.3, 0.4) is 0 Å². The minimum absolute atomic E-state index is 0.143. The molecular weight excluding hydrogens is 428 g/mol. The maximum atomic E-state index is 12.8. The minimum atomic E-state index is -0.143. The number of amides is 1. The highest BCUT2D eigenvalue weighted by Crippen LogP contribution is 2.41. The van der Waals surface area contributed by atoms with Gasteiger partial charge in [-0.15, -0.1) is 11.8 Å². The molecule has 0 unspecified atom stereocenters. The van der Waals surface area contributed by atoms with E-state index >= 15 is 0 Å². The third-order valence-corrected chi connectivity index (χ3v) is 7.24. The number of piperazine rings is 1. The van der Waals surface area contributed by atoms with Gasteiger partial charge in [-0.3, -0.25) is 9.69 Å². The van der Waals surface area contributed by atoms with Crippen LogP contribution in [0, 0.1) is 0 Å². The molecule has 1 fully saturated rings. The summed E-state index contributed by atoms with van der Waals surface area (Å²) in [6.45, 7) is 17.2. The molecule has 0 radical (unpaired) electrons. The summed E-state index contributed by atoms with van der Waals surface area (Å²) >= 11 is 1.72. The summed E-state index contributed by atoms with van der Waals surface area (Å²) in [6, 6.07) is 14.7. The van der Waals surface area contributed by atoms with Crippen LogP contribution < -0.4 is 0 Å². The predicted octanol–water partition coefficient (Wildman–Crippen LogP) is 5.81. The number of carbonyl (C=O) groups excluding carboxylic acids is 1. The van der Waals surface area contributed by atoms with Crippen molar-refractivity contribution in [2.45, 2.75) is 70.2 Å². The molecule has 0 atom stereocenters. The van der Waals surface area contributed by atoms with E-state index in [9.17, 15) is 9.90 Å². The minimum Gasteiger partial charge on any atom is -0.507 e. The van der Waals surface area contributed by atoms with E-state index < -0.39 is 0 Å². The van der Waals surface area contributed by atoms with Gasteiger partial charge < -0.3 is 10.0 Å². The summed E-state index contributed by atoms with van der Waals surface area (Å²) in [5, 5.41) is 10.9.